The van der Waals surface area contributed by atoms with Crippen molar-refractivity contribution in [3.63, 3.8) is 0 Å². The van der Waals surface area contributed by atoms with Crippen LogP contribution in [0, 0.1) is 29.0 Å². The van der Waals surface area contributed by atoms with Gasteiger partial charge in [-0.15, -0.1) is 0 Å². The van der Waals surface area contributed by atoms with Crippen LogP contribution in [-0.2, 0) is 4.79 Å². The molecule has 1 aromatic rings. The molecule has 0 heterocycles. The van der Waals surface area contributed by atoms with Gasteiger partial charge in [0.15, 0.2) is 0 Å². The highest BCUT2D eigenvalue weighted by Crippen LogP contribution is 2.60. The van der Waals surface area contributed by atoms with Gasteiger partial charge in [-0.2, -0.15) is 13.2 Å². The summed E-state index contributed by atoms with van der Waals surface area (Å²) in [6, 6.07) is -0.806. The van der Waals surface area contributed by atoms with Crippen LogP contribution in [0.3, 0.4) is 0 Å². The Hall–Kier alpha value is -2.32. The van der Waals surface area contributed by atoms with E-state index in [1.807, 2.05) is 0 Å². The number of carbonyl (C=O) groups is 2. The maximum atomic E-state index is 14.8. The molecule has 1 unspecified atom stereocenters. The van der Waals surface area contributed by atoms with Gasteiger partial charge in [0.2, 0.25) is 6.04 Å². The Bertz CT molecular complexity index is 937. The number of benzene rings is 1. The van der Waals surface area contributed by atoms with Crippen LogP contribution >= 0.6 is 0 Å². The van der Waals surface area contributed by atoms with E-state index in [0.29, 0.717) is 17.9 Å². The van der Waals surface area contributed by atoms with Gasteiger partial charge in [-0.3, -0.25) is 4.79 Å². The smallest absolute Gasteiger partial charge is 0.419 e. The molecular formula is C24H27F4NO4. The molecule has 0 aliphatic heterocycles. The topological polar surface area (TPSA) is 75.6 Å². The summed E-state index contributed by atoms with van der Waals surface area (Å²) in [4.78, 5) is 23.3. The first kappa shape index (κ1) is 22.5. The van der Waals surface area contributed by atoms with Gasteiger partial charge in [0.1, 0.15) is 11.6 Å². The molecule has 0 radical (unpaired) electrons. The standard InChI is InChI=1S/C24H27F4NO4/c25-18-7-19(33-11-23-8-12-3-13(9-23)5-14(4-12)10-23)16(15-1-2-15)6-17(18)21(30)29-20(22(31)32)24(26,27)28/h6-7,12-15,20H,1-5,8-11H2,(H,29,30)(H,31,32). The fraction of sp³-hybridized carbons (Fsp3) is 0.667. The molecule has 9 heteroatoms. The van der Waals surface area contributed by atoms with Gasteiger partial charge in [-0.05, 0) is 86.7 Å². The summed E-state index contributed by atoms with van der Waals surface area (Å²) in [6.45, 7) is 0.483. The molecule has 0 saturated heterocycles. The van der Waals surface area contributed by atoms with E-state index in [9.17, 15) is 27.2 Å². The lowest BCUT2D eigenvalue weighted by Gasteiger charge is -2.56. The van der Waals surface area contributed by atoms with Gasteiger partial charge in [0.25, 0.3) is 5.91 Å². The average molecular weight is 469 g/mol. The van der Waals surface area contributed by atoms with Gasteiger partial charge in [0, 0.05) is 11.5 Å². The minimum absolute atomic E-state index is 0.0569. The molecule has 2 N–H and O–H groups in total. The van der Waals surface area contributed by atoms with E-state index < -0.39 is 35.5 Å². The third-order valence-electron chi connectivity index (χ3n) is 7.91. The Balaban J connectivity index is 1.35. The number of amides is 1. The molecule has 0 aromatic heterocycles. The summed E-state index contributed by atoms with van der Waals surface area (Å²) < 4.78 is 59.8. The highest BCUT2D eigenvalue weighted by molar-refractivity contribution is 5.97. The van der Waals surface area contributed by atoms with Crippen molar-refractivity contribution in [3.8, 4) is 5.75 Å². The van der Waals surface area contributed by atoms with Crippen molar-refractivity contribution >= 4 is 11.9 Å². The number of rotatable bonds is 7. The van der Waals surface area contributed by atoms with E-state index >= 15 is 0 Å². The first-order chi connectivity index (χ1) is 15.5. The molecule has 5 nitrogen and oxygen atoms in total. The molecule has 33 heavy (non-hydrogen) atoms. The average Bonchev–Trinajstić information content (AvgIpc) is 3.53. The third kappa shape index (κ3) is 4.43. The predicted molar refractivity (Wildman–Crippen MR) is 109 cm³/mol. The zero-order valence-corrected chi connectivity index (χ0v) is 18.1. The lowest BCUT2D eigenvalue weighted by Crippen LogP contribution is -2.50. The molecule has 1 atom stereocenters. The summed E-state index contributed by atoms with van der Waals surface area (Å²) in [7, 11) is 0. The number of carboxylic acids is 1. The normalized spacial score (nSPS) is 31.3. The van der Waals surface area contributed by atoms with Gasteiger partial charge in [-0.25, -0.2) is 9.18 Å². The van der Waals surface area contributed by atoms with Crippen LogP contribution in [0.25, 0.3) is 0 Å². The fourth-order valence-electron chi connectivity index (χ4n) is 6.77. The summed E-state index contributed by atoms with van der Waals surface area (Å²) in [5, 5.41) is 10.2. The summed E-state index contributed by atoms with van der Waals surface area (Å²) in [6.07, 6.45) is 3.68. The van der Waals surface area contributed by atoms with Gasteiger partial charge < -0.3 is 15.2 Å². The SMILES string of the molecule is O=C(NC(C(=O)O)C(F)(F)F)c1cc(C2CC2)c(OCC23CC4CC(CC(C4)C2)C3)cc1F. The second-order valence-corrected chi connectivity index (χ2v) is 10.6. The van der Waals surface area contributed by atoms with Crippen molar-refractivity contribution in [1.82, 2.24) is 5.32 Å². The first-order valence-electron chi connectivity index (χ1n) is 11.6. The van der Waals surface area contributed by atoms with Crippen LogP contribution in [0.5, 0.6) is 5.75 Å². The van der Waals surface area contributed by atoms with E-state index in [1.165, 1.54) is 30.6 Å². The van der Waals surface area contributed by atoms with E-state index in [-0.39, 0.29) is 11.3 Å². The highest BCUT2D eigenvalue weighted by Gasteiger charge is 2.51. The van der Waals surface area contributed by atoms with Crippen molar-refractivity contribution in [1.29, 1.82) is 0 Å². The predicted octanol–water partition coefficient (Wildman–Crippen LogP) is 5.04. The number of carbonyl (C=O) groups excluding carboxylic acids is 1. The number of hydrogen-bond donors (Lipinski definition) is 2. The molecule has 0 spiro atoms. The number of hydrogen-bond acceptors (Lipinski definition) is 3. The Morgan fingerprint density at radius 2 is 1.67 bits per heavy atom. The van der Waals surface area contributed by atoms with E-state index in [0.717, 1.165) is 55.9 Å². The molecule has 180 valence electrons. The fourth-order valence-corrected chi connectivity index (χ4v) is 6.77. The van der Waals surface area contributed by atoms with Crippen molar-refractivity contribution in [3.05, 3.63) is 29.1 Å². The number of halogens is 4. The quantitative estimate of drug-likeness (QED) is 0.549. The molecular weight excluding hydrogens is 442 g/mol. The third-order valence-corrected chi connectivity index (χ3v) is 7.91. The molecule has 5 aliphatic carbocycles. The van der Waals surface area contributed by atoms with Crippen LogP contribution in [0.4, 0.5) is 17.6 Å². The number of ether oxygens (including phenoxy) is 1. The monoisotopic (exact) mass is 469 g/mol. The molecule has 1 aromatic carbocycles. The molecule has 6 rings (SSSR count). The van der Waals surface area contributed by atoms with Gasteiger partial charge in [-0.1, -0.05) is 0 Å². The number of nitrogens with one attached hydrogen (secondary N) is 1. The van der Waals surface area contributed by atoms with Crippen molar-refractivity contribution in [2.45, 2.75) is 69.5 Å². The Morgan fingerprint density at radius 3 is 2.15 bits per heavy atom. The zero-order chi connectivity index (χ0) is 23.5. The number of aliphatic carboxylic acids is 1. The van der Waals surface area contributed by atoms with E-state index in [1.54, 1.807) is 0 Å². The van der Waals surface area contributed by atoms with Crippen LogP contribution in [0.2, 0.25) is 0 Å². The highest BCUT2D eigenvalue weighted by atomic mass is 19.4. The van der Waals surface area contributed by atoms with Crippen LogP contribution in [0.15, 0.2) is 12.1 Å². The zero-order valence-electron chi connectivity index (χ0n) is 18.1. The molecule has 5 aliphatic rings. The molecule has 5 saturated carbocycles. The molecule has 4 bridgehead atoms. The Labute approximate surface area is 188 Å². The lowest BCUT2D eigenvalue weighted by atomic mass is 9.50. The van der Waals surface area contributed by atoms with Crippen LogP contribution in [-0.4, -0.2) is 35.8 Å². The largest absolute Gasteiger partial charge is 0.493 e. The van der Waals surface area contributed by atoms with Gasteiger partial charge >= 0.3 is 12.1 Å². The minimum atomic E-state index is -5.20. The molecule has 5 fully saturated rings. The number of carboxylic acid groups (broad SMARTS) is 1. The van der Waals surface area contributed by atoms with Crippen molar-refractivity contribution < 1.29 is 37.0 Å². The van der Waals surface area contributed by atoms with Crippen molar-refractivity contribution in [2.24, 2.45) is 23.2 Å². The van der Waals surface area contributed by atoms with E-state index in [4.69, 9.17) is 9.84 Å². The minimum Gasteiger partial charge on any atom is -0.493 e. The van der Waals surface area contributed by atoms with E-state index in [2.05, 4.69) is 0 Å². The van der Waals surface area contributed by atoms with Crippen LogP contribution < -0.4 is 10.1 Å². The summed E-state index contributed by atoms with van der Waals surface area (Å²) in [5.41, 5.74) is 0.100. The Kier molecular flexibility index (Phi) is 5.36. The maximum absolute atomic E-state index is 14.8. The summed E-state index contributed by atoms with van der Waals surface area (Å²) in [5.74, 6) is -2.08. The first-order valence-corrected chi connectivity index (χ1v) is 11.6. The van der Waals surface area contributed by atoms with Gasteiger partial charge in [0.05, 0.1) is 12.2 Å². The number of alkyl halides is 3. The second kappa shape index (κ2) is 7.87. The second-order valence-electron chi connectivity index (χ2n) is 10.6. The maximum Gasteiger partial charge on any atom is 0.419 e. The van der Waals surface area contributed by atoms with Crippen molar-refractivity contribution in [2.75, 3.05) is 6.61 Å². The van der Waals surface area contributed by atoms with Crippen LogP contribution in [0.1, 0.15) is 73.2 Å². The summed E-state index contributed by atoms with van der Waals surface area (Å²) >= 11 is 0. The Morgan fingerprint density at radius 1 is 1.09 bits per heavy atom. The molecule has 1 amide bonds. The lowest BCUT2D eigenvalue weighted by molar-refractivity contribution is -0.178.